The summed E-state index contributed by atoms with van der Waals surface area (Å²) < 4.78 is 10.5. The fourth-order valence-corrected chi connectivity index (χ4v) is 4.10. The third-order valence-electron chi connectivity index (χ3n) is 5.61. The maximum atomic E-state index is 12.6. The van der Waals surface area contributed by atoms with Crippen molar-refractivity contribution in [2.75, 3.05) is 20.3 Å². The Hall–Kier alpha value is -3.39. The van der Waals surface area contributed by atoms with Crippen molar-refractivity contribution < 1.29 is 29.0 Å². The number of alkyl carbamates (subject to hydrolysis) is 1. The second-order valence-electron chi connectivity index (χ2n) is 8.51. The molecule has 0 heterocycles. The number of carboxylic acids is 1. The van der Waals surface area contributed by atoms with Gasteiger partial charge in [-0.2, -0.15) is 0 Å². The predicted octanol–water partition coefficient (Wildman–Crippen LogP) is 3.16. The van der Waals surface area contributed by atoms with Gasteiger partial charge in [0.05, 0.1) is 6.61 Å². The van der Waals surface area contributed by atoms with E-state index in [1.165, 1.54) is 7.11 Å². The summed E-state index contributed by atoms with van der Waals surface area (Å²) in [6, 6.07) is 13.8. The fraction of sp³-hybridized carbons (Fsp3) is 0.400. The molecule has 1 aliphatic carbocycles. The molecule has 0 saturated carbocycles. The van der Waals surface area contributed by atoms with Crippen molar-refractivity contribution in [3.05, 3.63) is 59.7 Å². The highest BCUT2D eigenvalue weighted by atomic mass is 16.5. The van der Waals surface area contributed by atoms with Crippen molar-refractivity contribution in [3.8, 4) is 11.1 Å². The summed E-state index contributed by atoms with van der Waals surface area (Å²) in [5.41, 5.74) is 4.39. The number of rotatable bonds is 10. The molecule has 2 aromatic rings. The van der Waals surface area contributed by atoms with Crippen LogP contribution in [0.15, 0.2) is 48.5 Å². The lowest BCUT2D eigenvalue weighted by molar-refractivity contribution is -0.142. The Morgan fingerprint density at radius 1 is 0.939 bits per heavy atom. The first-order valence-corrected chi connectivity index (χ1v) is 11.0. The number of carbonyl (C=O) groups excluding carboxylic acids is 2. The monoisotopic (exact) mass is 454 g/mol. The van der Waals surface area contributed by atoms with Crippen LogP contribution >= 0.6 is 0 Å². The van der Waals surface area contributed by atoms with Gasteiger partial charge in [-0.25, -0.2) is 9.59 Å². The van der Waals surface area contributed by atoms with E-state index in [1.807, 2.05) is 62.4 Å². The van der Waals surface area contributed by atoms with Crippen molar-refractivity contribution in [3.63, 3.8) is 0 Å². The van der Waals surface area contributed by atoms with Gasteiger partial charge in [0.2, 0.25) is 5.91 Å². The average Bonchev–Trinajstić information content (AvgIpc) is 3.10. The molecule has 0 aromatic heterocycles. The quantitative estimate of drug-likeness (QED) is 0.508. The first-order valence-electron chi connectivity index (χ1n) is 11.0. The van der Waals surface area contributed by atoms with E-state index in [-0.39, 0.29) is 31.5 Å². The molecule has 0 aliphatic heterocycles. The van der Waals surface area contributed by atoms with Crippen LogP contribution in [-0.4, -0.2) is 55.5 Å². The number of hydrogen-bond donors (Lipinski definition) is 3. The van der Waals surface area contributed by atoms with E-state index in [1.54, 1.807) is 0 Å². The van der Waals surface area contributed by atoms with Gasteiger partial charge >= 0.3 is 12.1 Å². The summed E-state index contributed by atoms with van der Waals surface area (Å²) in [4.78, 5) is 36.6. The molecule has 0 radical (unpaired) electrons. The third kappa shape index (κ3) is 5.90. The Morgan fingerprint density at radius 3 is 2.03 bits per heavy atom. The number of amides is 2. The van der Waals surface area contributed by atoms with Crippen molar-refractivity contribution in [2.24, 2.45) is 5.92 Å². The summed E-state index contributed by atoms with van der Waals surface area (Å²) in [7, 11) is 1.39. The number of aliphatic carboxylic acids is 1. The topological polar surface area (TPSA) is 114 Å². The molecule has 8 nitrogen and oxygen atoms in total. The molecule has 3 N–H and O–H groups in total. The van der Waals surface area contributed by atoms with Crippen LogP contribution in [0.25, 0.3) is 11.1 Å². The van der Waals surface area contributed by atoms with Gasteiger partial charge in [-0.15, -0.1) is 0 Å². The smallest absolute Gasteiger partial charge is 0.407 e. The van der Waals surface area contributed by atoms with E-state index >= 15 is 0 Å². The molecule has 33 heavy (non-hydrogen) atoms. The lowest BCUT2D eigenvalue weighted by Crippen LogP contribution is -2.53. The summed E-state index contributed by atoms with van der Waals surface area (Å²) in [6.45, 7) is 3.71. The molecule has 2 aromatic carbocycles. The molecule has 0 saturated heterocycles. The minimum absolute atomic E-state index is 0.0716. The number of hydrogen-bond acceptors (Lipinski definition) is 5. The van der Waals surface area contributed by atoms with E-state index in [2.05, 4.69) is 10.6 Å². The number of carbonyl (C=O) groups is 3. The van der Waals surface area contributed by atoms with Crippen LogP contribution in [0.3, 0.4) is 0 Å². The van der Waals surface area contributed by atoms with E-state index in [0.717, 1.165) is 22.3 Å². The lowest BCUT2D eigenvalue weighted by Gasteiger charge is -2.22. The van der Waals surface area contributed by atoms with Crippen LogP contribution in [0.1, 0.15) is 37.3 Å². The molecule has 0 spiro atoms. The van der Waals surface area contributed by atoms with Crippen molar-refractivity contribution in [1.29, 1.82) is 0 Å². The van der Waals surface area contributed by atoms with E-state index in [9.17, 15) is 19.5 Å². The first-order chi connectivity index (χ1) is 15.8. The number of fused-ring (bicyclic) bond motifs is 3. The molecule has 3 rings (SSSR count). The molecule has 2 amide bonds. The molecular formula is C25H30N2O6. The number of benzene rings is 2. The minimum Gasteiger partial charge on any atom is -0.480 e. The van der Waals surface area contributed by atoms with E-state index in [4.69, 9.17) is 9.47 Å². The second kappa shape index (κ2) is 11.0. The van der Waals surface area contributed by atoms with Crippen LogP contribution in [0.4, 0.5) is 4.79 Å². The highest BCUT2D eigenvalue weighted by Gasteiger charge is 2.31. The summed E-state index contributed by atoms with van der Waals surface area (Å²) in [6.07, 6.45) is -0.504. The zero-order chi connectivity index (χ0) is 24.0. The molecule has 1 aliphatic rings. The van der Waals surface area contributed by atoms with Crippen molar-refractivity contribution in [1.82, 2.24) is 10.6 Å². The minimum atomic E-state index is -1.13. The molecule has 8 heteroatoms. The standard InChI is InChI=1S/C25H30N2O6/c1-15(2)12-21(24(29)30)26-23(28)22(14-32-3)27-25(31)33-13-20-18-10-6-4-8-16(18)17-9-5-7-11-19(17)20/h4-11,15,20-22H,12-14H2,1-3H3,(H,26,28)(H,27,31)(H,29,30)/t21-,22-/m0/s1. The Morgan fingerprint density at radius 2 is 1.52 bits per heavy atom. The molecular weight excluding hydrogens is 424 g/mol. The summed E-state index contributed by atoms with van der Waals surface area (Å²) in [5, 5.41) is 14.3. The summed E-state index contributed by atoms with van der Waals surface area (Å²) >= 11 is 0. The maximum Gasteiger partial charge on any atom is 0.407 e. The number of nitrogens with one attached hydrogen (secondary N) is 2. The molecule has 0 bridgehead atoms. The highest BCUT2D eigenvalue weighted by molar-refractivity contribution is 5.89. The van der Waals surface area contributed by atoms with Crippen LogP contribution < -0.4 is 10.6 Å². The first kappa shape index (κ1) is 24.3. The largest absolute Gasteiger partial charge is 0.480 e. The number of ether oxygens (including phenoxy) is 2. The van der Waals surface area contributed by atoms with Crippen molar-refractivity contribution in [2.45, 2.75) is 38.3 Å². The van der Waals surface area contributed by atoms with Gasteiger partial charge in [0, 0.05) is 13.0 Å². The molecule has 0 unspecified atom stereocenters. The van der Waals surface area contributed by atoms with Gasteiger partial charge in [0.25, 0.3) is 0 Å². The average molecular weight is 455 g/mol. The fourth-order valence-electron chi connectivity index (χ4n) is 4.10. The highest BCUT2D eigenvalue weighted by Crippen LogP contribution is 2.44. The normalized spacial score (nSPS) is 14.2. The Balaban J connectivity index is 1.64. The zero-order valence-electron chi connectivity index (χ0n) is 19.0. The van der Waals surface area contributed by atoms with Gasteiger partial charge < -0.3 is 25.2 Å². The third-order valence-corrected chi connectivity index (χ3v) is 5.61. The Bertz CT molecular complexity index is 960. The lowest BCUT2D eigenvalue weighted by atomic mass is 9.98. The van der Waals surface area contributed by atoms with E-state index < -0.39 is 30.1 Å². The Labute approximate surface area is 193 Å². The van der Waals surface area contributed by atoms with Crippen LogP contribution in [-0.2, 0) is 19.1 Å². The van der Waals surface area contributed by atoms with Crippen LogP contribution in [0.2, 0.25) is 0 Å². The summed E-state index contributed by atoms with van der Waals surface area (Å²) in [5.74, 6) is -1.81. The van der Waals surface area contributed by atoms with Gasteiger partial charge in [-0.3, -0.25) is 4.79 Å². The van der Waals surface area contributed by atoms with Crippen LogP contribution in [0.5, 0.6) is 0 Å². The van der Waals surface area contributed by atoms with Crippen molar-refractivity contribution >= 4 is 18.0 Å². The van der Waals surface area contributed by atoms with Gasteiger partial charge in [-0.1, -0.05) is 62.4 Å². The van der Waals surface area contributed by atoms with Gasteiger partial charge in [0.1, 0.15) is 18.7 Å². The zero-order valence-corrected chi connectivity index (χ0v) is 19.0. The molecule has 0 fully saturated rings. The molecule has 2 atom stereocenters. The van der Waals surface area contributed by atoms with Gasteiger partial charge in [-0.05, 0) is 34.6 Å². The second-order valence-corrected chi connectivity index (χ2v) is 8.51. The van der Waals surface area contributed by atoms with E-state index in [0.29, 0.717) is 0 Å². The van der Waals surface area contributed by atoms with Crippen LogP contribution in [0, 0.1) is 5.92 Å². The van der Waals surface area contributed by atoms with Gasteiger partial charge in [0.15, 0.2) is 0 Å². The predicted molar refractivity (Wildman–Crippen MR) is 123 cm³/mol. The number of methoxy groups -OCH3 is 1. The molecule has 176 valence electrons. The SMILES string of the molecule is COC[C@H](NC(=O)OCC1c2ccccc2-c2ccccc21)C(=O)N[C@@H](CC(C)C)C(=O)O. The number of carboxylic acid groups (broad SMARTS) is 1. The Kier molecular flexibility index (Phi) is 8.06. The maximum absolute atomic E-state index is 12.6.